The van der Waals surface area contributed by atoms with E-state index >= 15 is 0 Å². The lowest BCUT2D eigenvalue weighted by atomic mass is 9.65. The van der Waals surface area contributed by atoms with Gasteiger partial charge in [-0.3, -0.25) is 9.59 Å². The van der Waals surface area contributed by atoms with Gasteiger partial charge in [0.05, 0.1) is 5.41 Å². The van der Waals surface area contributed by atoms with Gasteiger partial charge in [-0.2, -0.15) is 13.2 Å². The molecule has 0 bridgehead atoms. The minimum atomic E-state index is -5.08. The highest BCUT2D eigenvalue weighted by atomic mass is 19.4. The summed E-state index contributed by atoms with van der Waals surface area (Å²) >= 11 is 0. The fraction of sp³-hybridized carbons (Fsp3) is 0.850. The monoisotopic (exact) mass is 451 g/mol. The first-order chi connectivity index (χ1) is 14.3. The van der Waals surface area contributed by atoms with Crippen LogP contribution in [-0.2, 0) is 19.1 Å². The molecule has 3 rings (SSSR count). The molecule has 0 aromatic rings. The van der Waals surface area contributed by atoms with E-state index in [2.05, 4.69) is 11.9 Å². The highest BCUT2D eigenvalue weighted by Crippen LogP contribution is 2.62. The van der Waals surface area contributed by atoms with Crippen molar-refractivity contribution >= 4 is 17.8 Å². The summed E-state index contributed by atoms with van der Waals surface area (Å²) in [6.07, 6.45) is -0.935. The number of carbonyl (C=O) groups is 3. The standard InChI is InChI=1S/C18H31N3O3.C2HF3O2/c1-19(2)16(23)18-6-5-17(14(18)11-20(3)13-18)7-9-21(10-8-17)15(22)12-24-4;3-2(4,5)1(6)7/h14H,5-13H2,1-4H3;(H,6,7)/t14-,18+;/m0./s1. The minimum Gasteiger partial charge on any atom is -0.475 e. The second-order valence-electron chi connectivity index (χ2n) is 9.08. The van der Waals surface area contributed by atoms with Crippen molar-refractivity contribution in [3.8, 4) is 0 Å². The van der Waals surface area contributed by atoms with Gasteiger partial charge in [0, 0.05) is 47.4 Å². The van der Waals surface area contributed by atoms with Crippen LogP contribution in [0.2, 0.25) is 0 Å². The highest BCUT2D eigenvalue weighted by molar-refractivity contribution is 5.84. The zero-order valence-electron chi connectivity index (χ0n) is 18.5. The molecule has 0 unspecified atom stereocenters. The number of piperidine rings is 1. The Bertz CT molecular complexity index is 692. The quantitative estimate of drug-likeness (QED) is 0.696. The zero-order chi connectivity index (χ0) is 23.6. The summed E-state index contributed by atoms with van der Waals surface area (Å²) in [5.74, 6) is -1.95. The Hall–Kier alpha value is -1.88. The lowest BCUT2D eigenvalue weighted by Gasteiger charge is -2.44. The Kier molecular flexibility index (Phi) is 7.63. The molecular weight excluding hydrogens is 419 g/mol. The van der Waals surface area contributed by atoms with Crippen molar-refractivity contribution in [2.24, 2.45) is 16.7 Å². The first-order valence-corrected chi connectivity index (χ1v) is 10.3. The average Bonchev–Trinajstić information content (AvgIpc) is 3.16. The molecule has 2 amide bonds. The van der Waals surface area contributed by atoms with Crippen LogP contribution in [-0.4, -0.2) is 105 Å². The molecule has 31 heavy (non-hydrogen) atoms. The Morgan fingerprint density at radius 3 is 2.13 bits per heavy atom. The van der Waals surface area contributed by atoms with Gasteiger partial charge >= 0.3 is 12.1 Å². The Labute approximate surface area is 180 Å². The van der Waals surface area contributed by atoms with E-state index in [-0.39, 0.29) is 23.3 Å². The van der Waals surface area contributed by atoms with Gasteiger partial charge in [-0.05, 0) is 44.1 Å². The van der Waals surface area contributed by atoms with E-state index in [4.69, 9.17) is 14.6 Å². The maximum atomic E-state index is 13.0. The smallest absolute Gasteiger partial charge is 0.475 e. The Balaban J connectivity index is 0.000000423. The summed E-state index contributed by atoms with van der Waals surface area (Å²) in [6.45, 7) is 3.65. The second kappa shape index (κ2) is 9.32. The topological polar surface area (TPSA) is 90.4 Å². The predicted octanol–water partition coefficient (Wildman–Crippen LogP) is 1.30. The van der Waals surface area contributed by atoms with Gasteiger partial charge in [-0.1, -0.05) is 0 Å². The average molecular weight is 451 g/mol. The third-order valence-corrected chi connectivity index (χ3v) is 6.98. The van der Waals surface area contributed by atoms with E-state index in [9.17, 15) is 22.8 Å². The summed E-state index contributed by atoms with van der Waals surface area (Å²) in [5, 5.41) is 7.12. The van der Waals surface area contributed by atoms with E-state index in [1.807, 2.05) is 19.0 Å². The predicted molar refractivity (Wildman–Crippen MR) is 105 cm³/mol. The largest absolute Gasteiger partial charge is 0.490 e. The fourth-order valence-corrected chi connectivity index (χ4v) is 5.61. The molecule has 2 aliphatic heterocycles. The van der Waals surface area contributed by atoms with Crippen LogP contribution in [0.4, 0.5) is 13.2 Å². The van der Waals surface area contributed by atoms with Gasteiger partial charge in [0.15, 0.2) is 0 Å². The molecule has 1 aliphatic carbocycles. The molecule has 2 atom stereocenters. The molecule has 0 aromatic carbocycles. The van der Waals surface area contributed by atoms with Crippen molar-refractivity contribution < 1.29 is 37.4 Å². The third kappa shape index (κ3) is 5.14. The van der Waals surface area contributed by atoms with E-state index < -0.39 is 12.1 Å². The van der Waals surface area contributed by atoms with E-state index in [0.717, 1.165) is 51.9 Å². The van der Waals surface area contributed by atoms with Crippen LogP contribution in [0.15, 0.2) is 0 Å². The summed E-state index contributed by atoms with van der Waals surface area (Å²) < 4.78 is 36.7. The van der Waals surface area contributed by atoms with Gasteiger partial charge < -0.3 is 24.5 Å². The number of alkyl halides is 3. The lowest BCUT2D eigenvalue weighted by Crippen LogP contribution is -2.50. The number of ether oxygens (including phenoxy) is 1. The van der Waals surface area contributed by atoms with Gasteiger partial charge in [0.2, 0.25) is 11.8 Å². The lowest BCUT2D eigenvalue weighted by molar-refractivity contribution is -0.192. The number of rotatable bonds is 3. The van der Waals surface area contributed by atoms with Gasteiger partial charge in [0.1, 0.15) is 6.61 Å². The molecular formula is C20H32F3N3O5. The minimum absolute atomic E-state index is 0.0875. The normalized spacial score (nSPS) is 27.5. The molecule has 0 radical (unpaired) electrons. The molecule has 0 aromatic heterocycles. The SMILES string of the molecule is COCC(=O)N1CCC2(CC1)CC[C@@]1(C(=O)N(C)C)CN(C)C[C@@H]21.O=C(O)C(F)(F)F. The number of aliphatic carboxylic acids is 1. The maximum absolute atomic E-state index is 13.0. The number of hydrogen-bond donors (Lipinski definition) is 1. The number of amides is 2. The van der Waals surface area contributed by atoms with Crippen LogP contribution in [0.1, 0.15) is 25.7 Å². The van der Waals surface area contributed by atoms with Crippen LogP contribution in [0.5, 0.6) is 0 Å². The van der Waals surface area contributed by atoms with E-state index in [1.54, 1.807) is 12.0 Å². The number of hydrogen-bond acceptors (Lipinski definition) is 5. The van der Waals surface area contributed by atoms with Crippen molar-refractivity contribution in [3.63, 3.8) is 0 Å². The number of fused-ring (bicyclic) bond motifs is 2. The molecule has 2 saturated heterocycles. The number of methoxy groups -OCH3 is 1. The number of halogens is 3. The molecule has 3 fully saturated rings. The molecule has 11 heteroatoms. The highest BCUT2D eigenvalue weighted by Gasteiger charge is 2.64. The van der Waals surface area contributed by atoms with E-state index in [0.29, 0.717) is 11.8 Å². The number of carboxylic acids is 1. The molecule has 8 nitrogen and oxygen atoms in total. The van der Waals surface area contributed by atoms with Crippen LogP contribution < -0.4 is 0 Å². The van der Waals surface area contributed by atoms with Crippen molar-refractivity contribution in [1.82, 2.24) is 14.7 Å². The first kappa shape index (κ1) is 25.4. The number of carboxylic acid groups (broad SMARTS) is 1. The van der Waals surface area contributed by atoms with Crippen LogP contribution >= 0.6 is 0 Å². The molecule has 1 N–H and O–H groups in total. The van der Waals surface area contributed by atoms with E-state index in [1.165, 1.54) is 0 Å². The van der Waals surface area contributed by atoms with Crippen LogP contribution in [0, 0.1) is 16.7 Å². The van der Waals surface area contributed by atoms with Crippen molar-refractivity contribution in [2.75, 3.05) is 61.0 Å². The third-order valence-electron chi connectivity index (χ3n) is 6.98. The Morgan fingerprint density at radius 2 is 1.68 bits per heavy atom. The molecule has 2 heterocycles. The number of carbonyl (C=O) groups excluding carboxylic acids is 2. The van der Waals surface area contributed by atoms with Crippen molar-refractivity contribution in [1.29, 1.82) is 0 Å². The number of likely N-dealkylation sites (tertiary alicyclic amines) is 2. The van der Waals surface area contributed by atoms with Crippen LogP contribution in [0.3, 0.4) is 0 Å². The zero-order valence-corrected chi connectivity index (χ0v) is 18.5. The molecule has 1 spiro atoms. The summed E-state index contributed by atoms with van der Waals surface area (Å²) in [6, 6.07) is 0. The fourth-order valence-electron chi connectivity index (χ4n) is 5.61. The van der Waals surface area contributed by atoms with Gasteiger partial charge in [-0.15, -0.1) is 0 Å². The molecule has 1 saturated carbocycles. The second-order valence-corrected chi connectivity index (χ2v) is 9.08. The first-order valence-electron chi connectivity index (χ1n) is 10.3. The van der Waals surface area contributed by atoms with Crippen LogP contribution in [0.25, 0.3) is 0 Å². The summed E-state index contributed by atoms with van der Waals surface area (Å²) in [7, 11) is 7.46. The summed E-state index contributed by atoms with van der Waals surface area (Å²) in [5.41, 5.74) is 0.0112. The Morgan fingerprint density at radius 1 is 1.13 bits per heavy atom. The van der Waals surface area contributed by atoms with Gasteiger partial charge in [-0.25, -0.2) is 4.79 Å². The molecule has 3 aliphatic rings. The maximum Gasteiger partial charge on any atom is 0.490 e. The molecule has 178 valence electrons. The summed E-state index contributed by atoms with van der Waals surface area (Å²) in [4.78, 5) is 40.0. The van der Waals surface area contributed by atoms with Crippen molar-refractivity contribution in [3.05, 3.63) is 0 Å². The number of nitrogens with zero attached hydrogens (tertiary/aromatic N) is 3. The van der Waals surface area contributed by atoms with Crippen molar-refractivity contribution in [2.45, 2.75) is 31.9 Å². The van der Waals surface area contributed by atoms with Gasteiger partial charge in [0.25, 0.3) is 0 Å².